The maximum Gasteiger partial charge on any atom is 0.170 e. The lowest BCUT2D eigenvalue weighted by molar-refractivity contribution is 0.0848. The summed E-state index contributed by atoms with van der Waals surface area (Å²) in [6, 6.07) is 3.77. The van der Waals surface area contributed by atoms with E-state index in [9.17, 15) is 17.2 Å². The fraction of sp³-hybridized carbons (Fsp3) is 0.533. The van der Waals surface area contributed by atoms with Crippen molar-refractivity contribution in [2.75, 3.05) is 19.0 Å². The van der Waals surface area contributed by atoms with Gasteiger partial charge in [-0.05, 0) is 32.0 Å². The van der Waals surface area contributed by atoms with Gasteiger partial charge in [0, 0.05) is 11.3 Å². The topological polar surface area (TPSA) is 108 Å². The van der Waals surface area contributed by atoms with E-state index in [1.165, 1.54) is 26.0 Å². The van der Waals surface area contributed by atoms with Crippen LogP contribution in [0.1, 0.15) is 19.4 Å². The third kappa shape index (κ3) is 2.00. The van der Waals surface area contributed by atoms with E-state index >= 15 is 0 Å². The second-order valence-corrected chi connectivity index (χ2v) is 9.26. The van der Waals surface area contributed by atoms with Gasteiger partial charge in [0.2, 0.25) is 0 Å². The molecule has 1 aromatic rings. The van der Waals surface area contributed by atoms with Crippen LogP contribution in [0.5, 0.6) is 0 Å². The lowest BCUT2D eigenvalue weighted by Gasteiger charge is -2.42. The van der Waals surface area contributed by atoms with E-state index in [4.69, 9.17) is 16.2 Å². The van der Waals surface area contributed by atoms with Gasteiger partial charge in [0.1, 0.15) is 40.0 Å². The van der Waals surface area contributed by atoms with Gasteiger partial charge in [0.25, 0.3) is 0 Å². The van der Waals surface area contributed by atoms with Crippen LogP contribution in [-0.4, -0.2) is 43.6 Å². The Morgan fingerprint density at radius 3 is 2.67 bits per heavy atom. The van der Waals surface area contributed by atoms with Crippen LogP contribution in [0, 0.1) is 5.82 Å². The van der Waals surface area contributed by atoms with Crippen molar-refractivity contribution >= 4 is 21.4 Å². The van der Waals surface area contributed by atoms with Gasteiger partial charge in [0.05, 0.1) is 6.61 Å². The Morgan fingerprint density at radius 1 is 1.38 bits per heavy atom. The predicted molar refractivity (Wildman–Crippen MR) is 86.6 cm³/mol. The van der Waals surface area contributed by atoms with Crippen molar-refractivity contribution in [3.05, 3.63) is 29.6 Å². The highest BCUT2D eigenvalue weighted by atomic mass is 32.2. The monoisotopic (exact) mass is 359 g/mol. The van der Waals surface area contributed by atoms with Crippen LogP contribution in [0.25, 0.3) is 0 Å². The minimum absolute atomic E-state index is 0.0505. The summed E-state index contributed by atoms with van der Waals surface area (Å²) in [6.07, 6.45) is -1.24. The zero-order valence-corrected chi connectivity index (χ0v) is 14.1. The van der Waals surface area contributed by atoms with E-state index in [0.717, 1.165) is 6.07 Å². The molecule has 1 fully saturated rings. The molecule has 2 heterocycles. The molecule has 2 aliphatic rings. The quantitative estimate of drug-likeness (QED) is 0.763. The summed E-state index contributed by atoms with van der Waals surface area (Å²) < 4.78 is 58.0. The Bertz CT molecular complexity index is 825. The molecule has 6 nitrogen and oxygen atoms in total. The van der Waals surface area contributed by atoms with Gasteiger partial charge in [-0.3, -0.25) is 4.99 Å². The molecule has 0 amide bonds. The number of nitrogens with zero attached hydrogens (tertiary/aromatic N) is 1. The fourth-order valence-corrected chi connectivity index (χ4v) is 5.65. The Kier molecular flexibility index (Phi) is 3.65. The number of aliphatic imine (C=N–C) groups is 1. The number of alkyl halides is 1. The molecule has 1 saturated heterocycles. The molecule has 3 atom stereocenters. The molecule has 3 rings (SSSR count). The van der Waals surface area contributed by atoms with Crippen molar-refractivity contribution in [1.82, 2.24) is 0 Å². The van der Waals surface area contributed by atoms with Gasteiger partial charge in [0.15, 0.2) is 9.84 Å². The zero-order chi connectivity index (χ0) is 17.9. The first-order valence-electron chi connectivity index (χ1n) is 7.40. The normalized spacial score (nSPS) is 33.8. The van der Waals surface area contributed by atoms with Crippen LogP contribution in [0.15, 0.2) is 23.2 Å². The highest BCUT2D eigenvalue weighted by molar-refractivity contribution is 7.94. The van der Waals surface area contributed by atoms with Gasteiger partial charge in [-0.15, -0.1) is 0 Å². The van der Waals surface area contributed by atoms with Crippen molar-refractivity contribution < 1.29 is 21.9 Å². The van der Waals surface area contributed by atoms with Gasteiger partial charge in [-0.25, -0.2) is 17.2 Å². The average Bonchev–Trinajstić information content (AvgIpc) is 2.88. The summed E-state index contributed by atoms with van der Waals surface area (Å²) in [5, 5.41) is -1.38. The number of nitrogen functional groups attached to an aromatic ring is 1. The third-order valence-corrected chi connectivity index (χ3v) is 7.91. The van der Waals surface area contributed by atoms with Crippen LogP contribution in [-0.2, 0) is 20.1 Å². The van der Waals surface area contributed by atoms with Gasteiger partial charge in [-0.2, -0.15) is 0 Å². The summed E-state index contributed by atoms with van der Waals surface area (Å²) in [7, 11) is -4.01. The Balaban J connectivity index is 2.36. The van der Waals surface area contributed by atoms with E-state index in [1.54, 1.807) is 0 Å². The molecule has 0 aromatic heterocycles. The standard InChI is InChI=1S/C15H19F2N3O3S/c1-14(2)13(19)20-15(9-5-8(18)3-4-10(9)17)7-23-11(6-16)12(15)24(14,21)22/h3-5,11-12H,6-7,18H2,1-2H3,(H2,19,20)/t11?,12-,15-/m1/s1. The number of rotatable bonds is 2. The molecule has 0 bridgehead atoms. The van der Waals surface area contributed by atoms with Gasteiger partial charge in [-0.1, -0.05) is 0 Å². The van der Waals surface area contributed by atoms with Crippen molar-refractivity contribution in [3.8, 4) is 0 Å². The number of sulfone groups is 1. The van der Waals surface area contributed by atoms with E-state index in [2.05, 4.69) is 4.99 Å². The Hall–Kier alpha value is -1.74. The Labute approximate surface area is 138 Å². The van der Waals surface area contributed by atoms with Crippen molar-refractivity contribution in [1.29, 1.82) is 0 Å². The number of ether oxygens (including phenoxy) is 1. The molecule has 24 heavy (non-hydrogen) atoms. The molecule has 2 aliphatic heterocycles. The number of anilines is 1. The summed E-state index contributed by atoms with van der Waals surface area (Å²) in [6.45, 7) is 1.48. The summed E-state index contributed by atoms with van der Waals surface area (Å²) in [5.74, 6) is -0.854. The lowest BCUT2D eigenvalue weighted by atomic mass is 9.86. The first-order chi connectivity index (χ1) is 11.1. The first kappa shape index (κ1) is 17.1. The number of benzene rings is 1. The molecule has 0 aliphatic carbocycles. The van der Waals surface area contributed by atoms with Crippen molar-refractivity contribution in [2.45, 2.75) is 35.5 Å². The molecular formula is C15H19F2N3O3S. The van der Waals surface area contributed by atoms with E-state index in [0.29, 0.717) is 0 Å². The highest BCUT2D eigenvalue weighted by Crippen LogP contribution is 2.49. The van der Waals surface area contributed by atoms with Crippen LogP contribution < -0.4 is 11.5 Å². The molecule has 9 heteroatoms. The average molecular weight is 359 g/mol. The minimum atomic E-state index is -4.01. The molecule has 0 saturated carbocycles. The largest absolute Gasteiger partial charge is 0.399 e. The minimum Gasteiger partial charge on any atom is -0.399 e. The van der Waals surface area contributed by atoms with Crippen LogP contribution in [0.2, 0.25) is 0 Å². The maximum atomic E-state index is 14.5. The maximum absolute atomic E-state index is 14.5. The SMILES string of the molecule is CC1(C)C(N)=N[C@@]2(c3cc(N)ccc3F)COC(CF)[C@H]2S1(=O)=O. The molecule has 0 radical (unpaired) electrons. The van der Waals surface area contributed by atoms with Crippen LogP contribution in [0.3, 0.4) is 0 Å². The van der Waals surface area contributed by atoms with Gasteiger partial charge >= 0.3 is 0 Å². The molecule has 132 valence electrons. The second-order valence-electron chi connectivity index (χ2n) is 6.64. The predicted octanol–water partition coefficient (Wildman–Crippen LogP) is 0.904. The summed E-state index contributed by atoms with van der Waals surface area (Å²) in [4.78, 5) is 4.32. The van der Waals surface area contributed by atoms with E-state index in [1.807, 2.05) is 0 Å². The van der Waals surface area contributed by atoms with Crippen molar-refractivity contribution in [3.63, 3.8) is 0 Å². The summed E-state index contributed by atoms with van der Waals surface area (Å²) >= 11 is 0. The smallest absolute Gasteiger partial charge is 0.170 e. The second kappa shape index (κ2) is 5.13. The molecule has 4 N–H and O–H groups in total. The number of hydrogen-bond donors (Lipinski definition) is 2. The number of hydrogen-bond acceptors (Lipinski definition) is 6. The van der Waals surface area contributed by atoms with Crippen LogP contribution >= 0.6 is 0 Å². The molecular weight excluding hydrogens is 340 g/mol. The highest BCUT2D eigenvalue weighted by Gasteiger charge is 2.65. The van der Waals surface area contributed by atoms with E-state index < -0.39 is 44.0 Å². The first-order valence-corrected chi connectivity index (χ1v) is 8.95. The number of halogens is 2. The number of fused-ring (bicyclic) bond motifs is 1. The lowest BCUT2D eigenvalue weighted by Crippen LogP contribution is -2.62. The number of nitrogens with two attached hydrogens (primary N) is 2. The molecule has 0 spiro atoms. The van der Waals surface area contributed by atoms with Gasteiger partial charge < -0.3 is 16.2 Å². The van der Waals surface area contributed by atoms with Crippen molar-refractivity contribution in [2.24, 2.45) is 10.7 Å². The fourth-order valence-electron chi connectivity index (χ4n) is 3.37. The third-order valence-electron chi connectivity index (χ3n) is 4.92. The summed E-state index contributed by atoms with van der Waals surface area (Å²) in [5.41, 5.74) is 10.2. The number of amidine groups is 1. The molecule has 1 aromatic carbocycles. The Morgan fingerprint density at radius 2 is 2.04 bits per heavy atom. The zero-order valence-electron chi connectivity index (χ0n) is 13.3. The molecule has 1 unspecified atom stereocenters. The van der Waals surface area contributed by atoms with E-state index in [-0.39, 0.29) is 23.7 Å². The van der Waals surface area contributed by atoms with Crippen LogP contribution in [0.4, 0.5) is 14.5 Å².